The first-order valence-corrected chi connectivity index (χ1v) is 29.5. The van der Waals surface area contributed by atoms with E-state index < -0.39 is 6.10 Å². The first-order chi connectivity index (χ1) is 32.6. The van der Waals surface area contributed by atoms with E-state index in [1.165, 1.54) is 250 Å². The normalized spacial score (nSPS) is 12.3. The molecule has 1 atom stereocenters. The van der Waals surface area contributed by atoms with E-state index >= 15 is 0 Å². The van der Waals surface area contributed by atoms with E-state index in [1.807, 2.05) is 0 Å². The Balaban J connectivity index is 3.44. The van der Waals surface area contributed by atoms with Gasteiger partial charge in [-0.2, -0.15) is 0 Å². The van der Waals surface area contributed by atoms with Gasteiger partial charge in [-0.15, -0.1) is 0 Å². The summed E-state index contributed by atoms with van der Waals surface area (Å²) in [6, 6.07) is 0. The standard InChI is InChI=1S/C61H114O5/c1-3-5-7-9-11-13-15-17-19-21-23-25-27-29-30-32-34-36-38-40-42-44-46-48-50-52-54-56-61(64)66-59(57-62)58-65-60(63)55-53-51-49-47-45-43-41-39-37-35-33-31-28-26-24-22-20-18-16-14-12-10-8-6-4-2/h15,17,21-24,59,62H,3-14,16,18-20,25-58H2,1-2H3/b17-15-,23-21-,24-22-. The summed E-state index contributed by atoms with van der Waals surface area (Å²) in [6.45, 7) is 4.18. The van der Waals surface area contributed by atoms with Crippen molar-refractivity contribution in [2.24, 2.45) is 0 Å². The maximum absolute atomic E-state index is 12.3. The molecule has 0 aromatic heterocycles. The second kappa shape index (κ2) is 57.4. The fourth-order valence-electron chi connectivity index (χ4n) is 8.94. The Morgan fingerprint density at radius 1 is 0.348 bits per heavy atom. The highest BCUT2D eigenvalue weighted by Gasteiger charge is 2.16. The quantitative estimate of drug-likeness (QED) is 0.0374. The number of aliphatic hydroxyl groups excluding tert-OH is 1. The SMILES string of the molecule is CCCCCCC/C=C\C/C=C\CCCCCCCCCCCCCCCCCC(=O)OC(CO)COC(=O)CCCCCCCCCCCCCCC/C=C\CCCCCCCCCC. The van der Waals surface area contributed by atoms with E-state index in [-0.39, 0.29) is 25.2 Å². The summed E-state index contributed by atoms with van der Waals surface area (Å²) >= 11 is 0. The third kappa shape index (κ3) is 54.7. The van der Waals surface area contributed by atoms with Gasteiger partial charge in [-0.25, -0.2) is 0 Å². The molecule has 0 radical (unpaired) electrons. The predicted octanol–water partition coefficient (Wildman–Crippen LogP) is 19.9. The van der Waals surface area contributed by atoms with Gasteiger partial charge in [-0.05, 0) is 70.6 Å². The molecule has 5 nitrogen and oxygen atoms in total. The molecule has 0 heterocycles. The molecule has 0 aliphatic carbocycles. The van der Waals surface area contributed by atoms with Gasteiger partial charge in [0, 0.05) is 12.8 Å². The van der Waals surface area contributed by atoms with Gasteiger partial charge in [-0.3, -0.25) is 9.59 Å². The monoisotopic (exact) mass is 927 g/mol. The van der Waals surface area contributed by atoms with Gasteiger partial charge in [-0.1, -0.05) is 275 Å². The Morgan fingerprint density at radius 3 is 0.909 bits per heavy atom. The lowest BCUT2D eigenvalue weighted by Crippen LogP contribution is -2.28. The Morgan fingerprint density at radius 2 is 0.606 bits per heavy atom. The van der Waals surface area contributed by atoms with E-state index in [0.717, 1.165) is 44.9 Å². The van der Waals surface area contributed by atoms with Crippen molar-refractivity contribution in [1.82, 2.24) is 0 Å². The van der Waals surface area contributed by atoms with E-state index in [1.54, 1.807) is 0 Å². The van der Waals surface area contributed by atoms with Crippen LogP contribution in [0.3, 0.4) is 0 Å². The van der Waals surface area contributed by atoms with Crippen LogP contribution in [0.4, 0.5) is 0 Å². The molecule has 0 fully saturated rings. The van der Waals surface area contributed by atoms with Crippen LogP contribution in [0.15, 0.2) is 36.5 Å². The summed E-state index contributed by atoms with van der Waals surface area (Å²) in [4.78, 5) is 24.5. The second-order valence-corrected chi connectivity index (χ2v) is 20.1. The molecule has 0 aromatic rings. The molecule has 5 heteroatoms. The van der Waals surface area contributed by atoms with Crippen molar-refractivity contribution < 1.29 is 24.2 Å². The Hall–Kier alpha value is -1.88. The fraction of sp³-hybridized carbons (Fsp3) is 0.869. The number of rotatable bonds is 55. The molecule has 0 aliphatic rings. The van der Waals surface area contributed by atoms with Gasteiger partial charge in [0.25, 0.3) is 0 Å². The van der Waals surface area contributed by atoms with Crippen LogP contribution >= 0.6 is 0 Å². The zero-order valence-corrected chi connectivity index (χ0v) is 44.5. The topological polar surface area (TPSA) is 72.8 Å². The van der Waals surface area contributed by atoms with Crippen molar-refractivity contribution >= 4 is 11.9 Å². The molecule has 0 bridgehead atoms. The van der Waals surface area contributed by atoms with Gasteiger partial charge in [0.1, 0.15) is 6.61 Å². The van der Waals surface area contributed by atoms with Crippen LogP contribution in [-0.4, -0.2) is 36.4 Å². The molecule has 1 N–H and O–H groups in total. The molecule has 0 rings (SSSR count). The highest BCUT2D eigenvalue weighted by atomic mass is 16.6. The molecule has 0 saturated carbocycles. The number of hydrogen-bond acceptors (Lipinski definition) is 5. The minimum absolute atomic E-state index is 0.0617. The average Bonchev–Trinajstić information content (AvgIpc) is 3.32. The lowest BCUT2D eigenvalue weighted by molar-refractivity contribution is -0.161. The summed E-state index contributed by atoms with van der Waals surface area (Å²) in [5.74, 6) is -0.574. The van der Waals surface area contributed by atoms with Crippen molar-refractivity contribution in [2.75, 3.05) is 13.2 Å². The number of carbonyl (C=O) groups excluding carboxylic acids is 2. The van der Waals surface area contributed by atoms with Gasteiger partial charge < -0.3 is 14.6 Å². The Kier molecular flexibility index (Phi) is 55.8. The molecule has 66 heavy (non-hydrogen) atoms. The smallest absolute Gasteiger partial charge is 0.306 e. The van der Waals surface area contributed by atoms with Crippen molar-refractivity contribution in [3.8, 4) is 0 Å². The molecule has 0 amide bonds. The van der Waals surface area contributed by atoms with Crippen LogP contribution in [0.5, 0.6) is 0 Å². The maximum atomic E-state index is 12.3. The van der Waals surface area contributed by atoms with E-state index in [9.17, 15) is 14.7 Å². The summed E-state index contributed by atoms with van der Waals surface area (Å²) in [5.41, 5.74) is 0. The molecule has 0 aliphatic heterocycles. The molecule has 1 unspecified atom stereocenters. The minimum Gasteiger partial charge on any atom is -0.462 e. The third-order valence-corrected chi connectivity index (χ3v) is 13.4. The van der Waals surface area contributed by atoms with Crippen LogP contribution in [0.2, 0.25) is 0 Å². The number of esters is 2. The highest BCUT2D eigenvalue weighted by Crippen LogP contribution is 2.17. The van der Waals surface area contributed by atoms with Crippen molar-refractivity contribution in [3.63, 3.8) is 0 Å². The van der Waals surface area contributed by atoms with Crippen molar-refractivity contribution in [1.29, 1.82) is 0 Å². The fourth-order valence-corrected chi connectivity index (χ4v) is 8.94. The molecule has 0 aromatic carbocycles. The Bertz CT molecular complexity index is 1050. The minimum atomic E-state index is -0.771. The average molecular weight is 928 g/mol. The molecular weight excluding hydrogens is 813 g/mol. The van der Waals surface area contributed by atoms with Crippen LogP contribution in [0.25, 0.3) is 0 Å². The van der Waals surface area contributed by atoms with Crippen molar-refractivity contribution in [3.05, 3.63) is 36.5 Å². The number of ether oxygens (including phenoxy) is 2. The van der Waals surface area contributed by atoms with Crippen LogP contribution in [0, 0.1) is 0 Å². The Labute approximate surface area is 412 Å². The summed E-state index contributed by atoms with van der Waals surface area (Å²) < 4.78 is 10.7. The summed E-state index contributed by atoms with van der Waals surface area (Å²) in [7, 11) is 0. The summed E-state index contributed by atoms with van der Waals surface area (Å²) in [6.07, 6.45) is 74.1. The van der Waals surface area contributed by atoms with Gasteiger partial charge in [0.05, 0.1) is 6.61 Å². The lowest BCUT2D eigenvalue weighted by Gasteiger charge is -2.15. The third-order valence-electron chi connectivity index (χ3n) is 13.4. The van der Waals surface area contributed by atoms with Gasteiger partial charge in [0.15, 0.2) is 6.10 Å². The van der Waals surface area contributed by atoms with Crippen LogP contribution < -0.4 is 0 Å². The number of hydrogen-bond donors (Lipinski definition) is 1. The first kappa shape index (κ1) is 64.1. The molecule has 388 valence electrons. The second-order valence-electron chi connectivity index (χ2n) is 20.1. The number of allylic oxidation sites excluding steroid dienone is 6. The molecule has 0 saturated heterocycles. The summed E-state index contributed by atoms with van der Waals surface area (Å²) in [5, 5.41) is 9.66. The molecular formula is C61H114O5. The van der Waals surface area contributed by atoms with Gasteiger partial charge in [0.2, 0.25) is 0 Å². The number of carbonyl (C=O) groups is 2. The van der Waals surface area contributed by atoms with E-state index in [0.29, 0.717) is 12.8 Å². The lowest BCUT2D eigenvalue weighted by atomic mass is 10.0. The predicted molar refractivity (Wildman–Crippen MR) is 288 cm³/mol. The van der Waals surface area contributed by atoms with Gasteiger partial charge >= 0.3 is 11.9 Å². The van der Waals surface area contributed by atoms with Crippen LogP contribution in [0.1, 0.15) is 322 Å². The zero-order valence-electron chi connectivity index (χ0n) is 44.5. The van der Waals surface area contributed by atoms with E-state index in [2.05, 4.69) is 50.3 Å². The first-order valence-electron chi connectivity index (χ1n) is 29.5. The van der Waals surface area contributed by atoms with Crippen molar-refractivity contribution in [2.45, 2.75) is 328 Å². The highest BCUT2D eigenvalue weighted by molar-refractivity contribution is 5.70. The number of unbranched alkanes of at least 4 members (excludes halogenated alkanes) is 41. The number of aliphatic hydroxyl groups is 1. The zero-order chi connectivity index (χ0) is 47.7. The largest absolute Gasteiger partial charge is 0.462 e. The van der Waals surface area contributed by atoms with E-state index in [4.69, 9.17) is 9.47 Å². The molecule has 0 spiro atoms. The maximum Gasteiger partial charge on any atom is 0.306 e. The van der Waals surface area contributed by atoms with Crippen LogP contribution in [-0.2, 0) is 19.1 Å².